The van der Waals surface area contributed by atoms with Crippen LogP contribution < -0.4 is 4.74 Å². The quantitative estimate of drug-likeness (QED) is 0.624. The molecule has 1 rings (SSSR count). The van der Waals surface area contributed by atoms with Crippen molar-refractivity contribution in [2.75, 3.05) is 6.61 Å². The monoisotopic (exact) mass is 273 g/mol. The zero-order chi connectivity index (χ0) is 11.4. The third-order valence-electron chi connectivity index (χ3n) is 1.90. The molecule has 0 fully saturated rings. The van der Waals surface area contributed by atoms with E-state index >= 15 is 0 Å². The average Bonchev–Trinajstić information content (AvgIpc) is 2.19. The predicted molar refractivity (Wildman–Crippen MR) is 61.3 cm³/mol. The molecule has 0 aliphatic heterocycles. The van der Waals surface area contributed by atoms with E-state index in [1.54, 1.807) is 13.0 Å². The Morgan fingerprint density at radius 2 is 2.20 bits per heavy atom. The minimum atomic E-state index is -0.426. The van der Waals surface area contributed by atoms with Crippen LogP contribution in [0.2, 0.25) is 0 Å². The third kappa shape index (κ3) is 2.92. The van der Waals surface area contributed by atoms with Crippen molar-refractivity contribution in [1.82, 2.24) is 0 Å². The number of nitro groups is 1. The summed E-state index contributed by atoms with van der Waals surface area (Å²) in [4.78, 5) is 10.3. The van der Waals surface area contributed by atoms with Crippen molar-refractivity contribution >= 4 is 21.6 Å². The number of ether oxygens (including phenoxy) is 1. The van der Waals surface area contributed by atoms with Gasteiger partial charge in [0.15, 0.2) is 5.75 Å². The van der Waals surface area contributed by atoms with Crippen LogP contribution in [0.4, 0.5) is 5.69 Å². The molecule has 0 bridgehead atoms. The summed E-state index contributed by atoms with van der Waals surface area (Å²) < 4.78 is 6.13. The van der Waals surface area contributed by atoms with Gasteiger partial charge in [-0.1, -0.05) is 22.9 Å². The summed E-state index contributed by atoms with van der Waals surface area (Å²) in [6.07, 6.45) is 0.822. The molecule has 0 unspecified atom stereocenters. The number of hydrogen-bond donors (Lipinski definition) is 0. The number of nitro benzene ring substituents is 1. The molecule has 0 aliphatic carbocycles. The first kappa shape index (κ1) is 12.0. The summed E-state index contributed by atoms with van der Waals surface area (Å²) in [6, 6.07) is 3.15. The molecule has 0 atom stereocenters. The van der Waals surface area contributed by atoms with Crippen molar-refractivity contribution in [3.63, 3.8) is 0 Å². The lowest BCUT2D eigenvalue weighted by atomic mass is 10.2. The Morgan fingerprint density at radius 3 is 2.73 bits per heavy atom. The van der Waals surface area contributed by atoms with Gasteiger partial charge in [-0.05, 0) is 18.9 Å². The zero-order valence-electron chi connectivity index (χ0n) is 8.62. The fourth-order valence-corrected chi connectivity index (χ4v) is 1.44. The molecule has 0 saturated carbocycles. The van der Waals surface area contributed by atoms with Crippen LogP contribution in [0.1, 0.15) is 18.9 Å². The van der Waals surface area contributed by atoms with Crippen LogP contribution in [-0.2, 0) is 0 Å². The second kappa shape index (κ2) is 5.11. The van der Waals surface area contributed by atoms with Crippen LogP contribution in [-0.4, -0.2) is 11.5 Å². The lowest BCUT2D eigenvalue weighted by molar-refractivity contribution is -0.385. The largest absolute Gasteiger partial charge is 0.487 e. The maximum atomic E-state index is 10.8. The van der Waals surface area contributed by atoms with Crippen LogP contribution in [0.5, 0.6) is 5.75 Å². The summed E-state index contributed by atoms with van der Waals surface area (Å²) in [5.74, 6) is 0.319. The second-order valence-corrected chi connectivity index (χ2v) is 4.03. The fraction of sp³-hybridized carbons (Fsp3) is 0.400. The predicted octanol–water partition coefficient (Wildman–Crippen LogP) is 3.45. The highest BCUT2D eigenvalue weighted by atomic mass is 79.9. The van der Waals surface area contributed by atoms with E-state index in [1.165, 1.54) is 6.07 Å². The van der Waals surface area contributed by atoms with E-state index in [0.29, 0.717) is 12.4 Å². The van der Waals surface area contributed by atoms with Gasteiger partial charge in [0.25, 0.3) is 0 Å². The highest BCUT2D eigenvalue weighted by Gasteiger charge is 2.16. The summed E-state index contributed by atoms with van der Waals surface area (Å²) in [5.41, 5.74) is 0.842. The van der Waals surface area contributed by atoms with Crippen LogP contribution >= 0.6 is 15.9 Å². The molecule has 0 aliphatic rings. The molecule has 82 valence electrons. The van der Waals surface area contributed by atoms with E-state index in [4.69, 9.17) is 4.74 Å². The molecule has 0 spiro atoms. The van der Waals surface area contributed by atoms with Gasteiger partial charge < -0.3 is 4.74 Å². The van der Waals surface area contributed by atoms with Crippen LogP contribution in [0.25, 0.3) is 0 Å². The number of aryl methyl sites for hydroxylation is 1. The van der Waals surface area contributed by atoms with Gasteiger partial charge in [-0.2, -0.15) is 0 Å². The molecule has 1 aromatic rings. The highest BCUT2D eigenvalue weighted by Crippen LogP contribution is 2.32. The van der Waals surface area contributed by atoms with Gasteiger partial charge in [0, 0.05) is 16.6 Å². The van der Waals surface area contributed by atoms with Crippen molar-refractivity contribution in [1.29, 1.82) is 0 Å². The topological polar surface area (TPSA) is 52.4 Å². The van der Waals surface area contributed by atoms with E-state index in [0.717, 1.165) is 16.5 Å². The first-order chi connectivity index (χ1) is 7.06. The van der Waals surface area contributed by atoms with Crippen molar-refractivity contribution in [2.45, 2.75) is 20.3 Å². The molecule has 1 aromatic carbocycles. The van der Waals surface area contributed by atoms with Gasteiger partial charge in [0.2, 0.25) is 0 Å². The first-order valence-electron chi connectivity index (χ1n) is 4.63. The summed E-state index contributed by atoms with van der Waals surface area (Å²) in [6.45, 7) is 4.24. The maximum absolute atomic E-state index is 10.8. The van der Waals surface area contributed by atoms with Crippen molar-refractivity contribution in [3.05, 3.63) is 32.3 Å². The number of rotatable bonds is 4. The Morgan fingerprint density at radius 1 is 1.53 bits per heavy atom. The van der Waals surface area contributed by atoms with Crippen molar-refractivity contribution < 1.29 is 9.66 Å². The van der Waals surface area contributed by atoms with Gasteiger partial charge in [0.05, 0.1) is 11.5 Å². The minimum Gasteiger partial charge on any atom is -0.487 e. The molecule has 0 N–H and O–H groups in total. The molecule has 0 aromatic heterocycles. The Kier molecular flexibility index (Phi) is 4.08. The van der Waals surface area contributed by atoms with E-state index < -0.39 is 4.92 Å². The lowest BCUT2D eigenvalue weighted by Gasteiger charge is -2.07. The first-order valence-corrected chi connectivity index (χ1v) is 5.43. The van der Waals surface area contributed by atoms with E-state index in [9.17, 15) is 10.1 Å². The summed E-state index contributed by atoms with van der Waals surface area (Å²) in [7, 11) is 0. The highest BCUT2D eigenvalue weighted by molar-refractivity contribution is 9.10. The average molecular weight is 274 g/mol. The number of benzene rings is 1. The molecule has 15 heavy (non-hydrogen) atoms. The Hall–Kier alpha value is -1.10. The molecule has 5 heteroatoms. The van der Waals surface area contributed by atoms with Crippen LogP contribution in [0.3, 0.4) is 0 Å². The molecule has 0 radical (unpaired) electrons. The van der Waals surface area contributed by atoms with Crippen molar-refractivity contribution in [2.24, 2.45) is 0 Å². The molecular formula is C10H12BrNO3. The molecule has 0 heterocycles. The maximum Gasteiger partial charge on any atom is 0.311 e. The smallest absolute Gasteiger partial charge is 0.311 e. The summed E-state index contributed by atoms with van der Waals surface area (Å²) >= 11 is 3.32. The Bertz CT molecular complexity index is 379. The SMILES string of the molecule is CCCOc1cc(Br)c(C)cc1[N+](=O)[O-]. The normalized spacial score (nSPS) is 10.1. The van der Waals surface area contributed by atoms with E-state index in [2.05, 4.69) is 15.9 Å². The summed E-state index contributed by atoms with van der Waals surface area (Å²) in [5, 5.41) is 10.8. The van der Waals surface area contributed by atoms with Gasteiger partial charge in [-0.25, -0.2) is 0 Å². The molecular weight excluding hydrogens is 262 g/mol. The standard InChI is InChI=1S/C10H12BrNO3/c1-3-4-15-10-6-8(11)7(2)5-9(10)12(13)14/h5-6H,3-4H2,1-2H3. The second-order valence-electron chi connectivity index (χ2n) is 3.17. The van der Waals surface area contributed by atoms with E-state index in [1.807, 2.05) is 6.92 Å². The zero-order valence-corrected chi connectivity index (χ0v) is 10.2. The van der Waals surface area contributed by atoms with Crippen LogP contribution in [0, 0.1) is 17.0 Å². The number of hydrogen-bond acceptors (Lipinski definition) is 3. The lowest BCUT2D eigenvalue weighted by Crippen LogP contribution is -2.00. The van der Waals surface area contributed by atoms with Crippen LogP contribution in [0.15, 0.2) is 16.6 Å². The van der Waals surface area contributed by atoms with Gasteiger partial charge >= 0.3 is 5.69 Å². The molecule has 0 amide bonds. The van der Waals surface area contributed by atoms with Gasteiger partial charge in [0.1, 0.15) is 0 Å². The van der Waals surface area contributed by atoms with E-state index in [-0.39, 0.29) is 5.69 Å². The number of halogens is 1. The Labute approximate surface area is 96.5 Å². The minimum absolute atomic E-state index is 0.0177. The van der Waals surface area contributed by atoms with Crippen molar-refractivity contribution in [3.8, 4) is 5.75 Å². The van der Waals surface area contributed by atoms with Gasteiger partial charge in [-0.15, -0.1) is 0 Å². The fourth-order valence-electron chi connectivity index (χ4n) is 1.12. The third-order valence-corrected chi connectivity index (χ3v) is 2.75. The molecule has 4 nitrogen and oxygen atoms in total. The van der Waals surface area contributed by atoms with Gasteiger partial charge in [-0.3, -0.25) is 10.1 Å². The number of nitrogens with zero attached hydrogens (tertiary/aromatic N) is 1. The molecule has 0 saturated heterocycles. The Balaban J connectivity index is 3.10.